The Morgan fingerprint density at radius 2 is 2.00 bits per heavy atom. The van der Waals surface area contributed by atoms with Gasteiger partial charge in [0, 0.05) is 6.61 Å². The van der Waals surface area contributed by atoms with Crippen LogP contribution in [0.15, 0.2) is 24.3 Å². The molecular formula is C15H23NO. The van der Waals surface area contributed by atoms with Gasteiger partial charge in [0.15, 0.2) is 0 Å². The summed E-state index contributed by atoms with van der Waals surface area (Å²) in [5, 5.41) is 0. The van der Waals surface area contributed by atoms with E-state index in [9.17, 15) is 0 Å². The first-order valence-corrected chi connectivity index (χ1v) is 6.66. The van der Waals surface area contributed by atoms with Gasteiger partial charge in [0.2, 0.25) is 0 Å². The van der Waals surface area contributed by atoms with Crippen LogP contribution in [0.2, 0.25) is 0 Å². The smallest absolute Gasteiger partial charge is 0.0716 e. The number of ether oxygens (including phenoxy) is 1. The third kappa shape index (κ3) is 4.14. The van der Waals surface area contributed by atoms with Crippen molar-refractivity contribution in [3.8, 4) is 0 Å². The second kappa shape index (κ2) is 6.18. The van der Waals surface area contributed by atoms with Crippen molar-refractivity contribution in [1.29, 1.82) is 0 Å². The van der Waals surface area contributed by atoms with E-state index in [1.165, 1.54) is 30.4 Å². The van der Waals surface area contributed by atoms with Crippen LogP contribution in [0.4, 0.5) is 0 Å². The van der Waals surface area contributed by atoms with E-state index in [-0.39, 0.29) is 0 Å². The SMILES string of the molecule is CC(CN)c1ccc(COCCC2CC2)cc1. The van der Waals surface area contributed by atoms with E-state index >= 15 is 0 Å². The molecule has 1 saturated carbocycles. The maximum absolute atomic E-state index is 5.67. The third-order valence-electron chi connectivity index (χ3n) is 3.54. The molecule has 17 heavy (non-hydrogen) atoms. The normalized spacial score (nSPS) is 17.1. The summed E-state index contributed by atoms with van der Waals surface area (Å²) in [7, 11) is 0. The highest BCUT2D eigenvalue weighted by molar-refractivity contribution is 5.24. The predicted octanol–water partition coefficient (Wildman–Crippen LogP) is 3.07. The predicted molar refractivity (Wildman–Crippen MR) is 70.9 cm³/mol. The zero-order chi connectivity index (χ0) is 12.1. The summed E-state index contributed by atoms with van der Waals surface area (Å²) in [5.41, 5.74) is 8.22. The van der Waals surface area contributed by atoms with Crippen LogP contribution in [0.1, 0.15) is 43.2 Å². The van der Waals surface area contributed by atoms with Crippen molar-refractivity contribution in [1.82, 2.24) is 0 Å². The van der Waals surface area contributed by atoms with E-state index in [0.29, 0.717) is 12.5 Å². The van der Waals surface area contributed by atoms with Crippen LogP contribution in [-0.2, 0) is 11.3 Å². The third-order valence-corrected chi connectivity index (χ3v) is 3.54. The largest absolute Gasteiger partial charge is 0.377 e. The maximum Gasteiger partial charge on any atom is 0.0716 e. The van der Waals surface area contributed by atoms with Crippen LogP contribution in [0, 0.1) is 5.92 Å². The topological polar surface area (TPSA) is 35.2 Å². The van der Waals surface area contributed by atoms with Gasteiger partial charge in [-0.1, -0.05) is 44.0 Å². The molecule has 0 aliphatic heterocycles. The highest BCUT2D eigenvalue weighted by atomic mass is 16.5. The fourth-order valence-electron chi connectivity index (χ4n) is 1.93. The van der Waals surface area contributed by atoms with E-state index < -0.39 is 0 Å². The summed E-state index contributed by atoms with van der Waals surface area (Å²) < 4.78 is 5.67. The zero-order valence-electron chi connectivity index (χ0n) is 10.7. The number of benzene rings is 1. The minimum absolute atomic E-state index is 0.444. The van der Waals surface area contributed by atoms with Gasteiger partial charge >= 0.3 is 0 Å². The minimum Gasteiger partial charge on any atom is -0.377 e. The lowest BCUT2D eigenvalue weighted by Crippen LogP contribution is -2.08. The maximum atomic E-state index is 5.67. The molecule has 2 heteroatoms. The molecule has 1 aliphatic rings. The standard InChI is InChI=1S/C15H23NO/c1-12(10-16)15-6-4-14(5-7-15)11-17-9-8-13-2-3-13/h4-7,12-13H,2-3,8-11,16H2,1H3. The first kappa shape index (κ1) is 12.6. The molecule has 0 aromatic heterocycles. The van der Waals surface area contributed by atoms with Crippen LogP contribution in [0.25, 0.3) is 0 Å². The summed E-state index contributed by atoms with van der Waals surface area (Å²) in [5.74, 6) is 1.41. The van der Waals surface area contributed by atoms with Crippen molar-refractivity contribution in [3.05, 3.63) is 35.4 Å². The molecule has 0 bridgehead atoms. The van der Waals surface area contributed by atoms with Crippen molar-refractivity contribution in [3.63, 3.8) is 0 Å². The molecule has 1 fully saturated rings. The average Bonchev–Trinajstić information content (AvgIpc) is 3.18. The fraction of sp³-hybridized carbons (Fsp3) is 0.600. The Balaban J connectivity index is 1.72. The molecule has 1 aromatic rings. The summed E-state index contributed by atoms with van der Waals surface area (Å²) in [6, 6.07) is 8.63. The lowest BCUT2D eigenvalue weighted by Gasteiger charge is -2.10. The summed E-state index contributed by atoms with van der Waals surface area (Å²) in [4.78, 5) is 0. The van der Waals surface area contributed by atoms with E-state index in [1.807, 2.05) is 0 Å². The first-order chi connectivity index (χ1) is 8.29. The lowest BCUT2D eigenvalue weighted by atomic mass is 10.0. The Kier molecular flexibility index (Phi) is 4.57. The molecule has 1 aromatic carbocycles. The second-order valence-corrected chi connectivity index (χ2v) is 5.16. The Bertz CT molecular complexity index is 329. The molecule has 1 aliphatic carbocycles. The van der Waals surface area contributed by atoms with E-state index in [0.717, 1.165) is 19.1 Å². The molecule has 0 saturated heterocycles. The summed E-state index contributed by atoms with van der Waals surface area (Å²) in [6.07, 6.45) is 4.06. The fourth-order valence-corrected chi connectivity index (χ4v) is 1.93. The number of hydrogen-bond acceptors (Lipinski definition) is 2. The van der Waals surface area contributed by atoms with Crippen molar-refractivity contribution in [2.75, 3.05) is 13.2 Å². The van der Waals surface area contributed by atoms with Crippen molar-refractivity contribution < 1.29 is 4.74 Å². The molecule has 2 nitrogen and oxygen atoms in total. The van der Waals surface area contributed by atoms with Gasteiger partial charge in [0.25, 0.3) is 0 Å². The van der Waals surface area contributed by atoms with Gasteiger partial charge in [-0.15, -0.1) is 0 Å². The summed E-state index contributed by atoms with van der Waals surface area (Å²) >= 11 is 0. The van der Waals surface area contributed by atoms with Gasteiger partial charge in [0.05, 0.1) is 6.61 Å². The highest BCUT2D eigenvalue weighted by Gasteiger charge is 2.20. The molecule has 0 heterocycles. The van der Waals surface area contributed by atoms with Crippen LogP contribution in [-0.4, -0.2) is 13.2 Å². The lowest BCUT2D eigenvalue weighted by molar-refractivity contribution is 0.115. The molecule has 1 atom stereocenters. The van der Waals surface area contributed by atoms with Gasteiger partial charge in [0.1, 0.15) is 0 Å². The Morgan fingerprint density at radius 3 is 2.59 bits per heavy atom. The quantitative estimate of drug-likeness (QED) is 0.735. The zero-order valence-corrected chi connectivity index (χ0v) is 10.7. The Hall–Kier alpha value is -0.860. The number of hydrogen-bond donors (Lipinski definition) is 1. The number of nitrogens with two attached hydrogens (primary N) is 1. The second-order valence-electron chi connectivity index (χ2n) is 5.16. The molecule has 1 unspecified atom stereocenters. The molecular weight excluding hydrogens is 210 g/mol. The van der Waals surface area contributed by atoms with E-state index in [1.54, 1.807) is 0 Å². The van der Waals surface area contributed by atoms with Crippen molar-refractivity contribution in [2.45, 2.75) is 38.7 Å². The number of rotatable bonds is 7. The minimum atomic E-state index is 0.444. The van der Waals surface area contributed by atoms with Crippen LogP contribution < -0.4 is 5.73 Å². The monoisotopic (exact) mass is 233 g/mol. The van der Waals surface area contributed by atoms with Crippen molar-refractivity contribution >= 4 is 0 Å². The molecule has 0 radical (unpaired) electrons. The molecule has 2 rings (SSSR count). The molecule has 0 spiro atoms. The van der Waals surface area contributed by atoms with Crippen LogP contribution in [0.3, 0.4) is 0 Å². The van der Waals surface area contributed by atoms with Crippen LogP contribution >= 0.6 is 0 Å². The van der Waals surface area contributed by atoms with E-state index in [2.05, 4.69) is 31.2 Å². The van der Waals surface area contributed by atoms with Gasteiger partial charge in [-0.05, 0) is 35.9 Å². The van der Waals surface area contributed by atoms with Gasteiger partial charge in [-0.3, -0.25) is 0 Å². The molecule has 0 amide bonds. The first-order valence-electron chi connectivity index (χ1n) is 6.66. The molecule has 2 N–H and O–H groups in total. The van der Waals surface area contributed by atoms with E-state index in [4.69, 9.17) is 10.5 Å². The van der Waals surface area contributed by atoms with Gasteiger partial charge < -0.3 is 10.5 Å². The van der Waals surface area contributed by atoms with Gasteiger partial charge in [-0.25, -0.2) is 0 Å². The van der Waals surface area contributed by atoms with Crippen LogP contribution in [0.5, 0.6) is 0 Å². The summed E-state index contributed by atoms with van der Waals surface area (Å²) in [6.45, 7) is 4.51. The molecule has 94 valence electrons. The highest BCUT2D eigenvalue weighted by Crippen LogP contribution is 2.32. The Morgan fingerprint density at radius 1 is 1.29 bits per heavy atom. The Labute approximate surface area is 104 Å². The van der Waals surface area contributed by atoms with Crippen molar-refractivity contribution in [2.24, 2.45) is 11.7 Å². The average molecular weight is 233 g/mol. The van der Waals surface area contributed by atoms with Gasteiger partial charge in [-0.2, -0.15) is 0 Å².